The zero-order valence-corrected chi connectivity index (χ0v) is 9.87. The molecule has 1 heterocycles. The van der Waals surface area contributed by atoms with Crippen LogP contribution in [0.2, 0.25) is 10.0 Å². The van der Waals surface area contributed by atoms with Gasteiger partial charge in [-0.3, -0.25) is 4.79 Å². The summed E-state index contributed by atoms with van der Waals surface area (Å²) in [5.74, 6) is -1.68. The highest BCUT2D eigenvalue weighted by atomic mass is 35.5. The molecule has 0 fully saturated rings. The van der Waals surface area contributed by atoms with Crippen LogP contribution in [0.3, 0.4) is 0 Å². The molecule has 0 spiro atoms. The number of hydrogen-bond acceptors (Lipinski definition) is 3. The van der Waals surface area contributed by atoms with Gasteiger partial charge in [-0.25, -0.2) is 4.79 Å². The summed E-state index contributed by atoms with van der Waals surface area (Å²) in [4.78, 5) is 22.3. The van der Waals surface area contributed by atoms with E-state index in [2.05, 4.69) is 5.10 Å². The van der Waals surface area contributed by atoms with Gasteiger partial charge in [0, 0.05) is 5.02 Å². The van der Waals surface area contributed by atoms with Crippen LogP contribution in [0.4, 0.5) is 5.69 Å². The first-order chi connectivity index (χ1) is 7.99. The van der Waals surface area contributed by atoms with Crippen molar-refractivity contribution in [2.75, 3.05) is 5.01 Å². The van der Waals surface area contributed by atoms with Gasteiger partial charge in [0.25, 0.3) is 5.91 Å². The van der Waals surface area contributed by atoms with Gasteiger partial charge in [0.1, 0.15) is 0 Å². The first-order valence-electron chi connectivity index (χ1n) is 4.58. The fourth-order valence-corrected chi connectivity index (χ4v) is 1.75. The standard InChI is InChI=1S/C10H6Cl2N2O3/c11-5-1-2-6(12)8(3-5)14-9(15)4-7(13-14)10(16)17/h1-3H,4H2,(H,16,17). The fourth-order valence-electron chi connectivity index (χ4n) is 1.38. The average Bonchev–Trinajstić information content (AvgIpc) is 2.64. The number of anilines is 1. The van der Waals surface area contributed by atoms with Crippen LogP contribution in [0.25, 0.3) is 0 Å². The van der Waals surface area contributed by atoms with E-state index in [9.17, 15) is 9.59 Å². The van der Waals surface area contributed by atoms with Gasteiger partial charge in [0.05, 0.1) is 17.1 Å². The third-order valence-electron chi connectivity index (χ3n) is 2.16. The normalized spacial score (nSPS) is 15.1. The van der Waals surface area contributed by atoms with Gasteiger partial charge >= 0.3 is 5.97 Å². The van der Waals surface area contributed by atoms with Crippen LogP contribution in [0.15, 0.2) is 23.3 Å². The molecule has 0 bridgehead atoms. The molecule has 0 unspecified atom stereocenters. The molecule has 17 heavy (non-hydrogen) atoms. The van der Waals surface area contributed by atoms with Crippen molar-refractivity contribution in [3.05, 3.63) is 28.2 Å². The molecule has 5 nitrogen and oxygen atoms in total. The Bertz CT molecular complexity index is 542. The van der Waals surface area contributed by atoms with Crippen LogP contribution in [0.5, 0.6) is 0 Å². The molecule has 88 valence electrons. The second kappa shape index (κ2) is 4.35. The summed E-state index contributed by atoms with van der Waals surface area (Å²) in [6.45, 7) is 0. The van der Waals surface area contributed by atoms with Crippen molar-refractivity contribution in [3.63, 3.8) is 0 Å². The zero-order chi connectivity index (χ0) is 12.6. The number of benzene rings is 1. The van der Waals surface area contributed by atoms with E-state index in [1.807, 2.05) is 0 Å². The summed E-state index contributed by atoms with van der Waals surface area (Å²) in [6, 6.07) is 4.53. The van der Waals surface area contributed by atoms with Crippen LogP contribution in [0, 0.1) is 0 Å². The summed E-state index contributed by atoms with van der Waals surface area (Å²) < 4.78 is 0. The molecule has 0 saturated heterocycles. The molecular weight excluding hydrogens is 267 g/mol. The second-order valence-electron chi connectivity index (χ2n) is 3.33. The van der Waals surface area contributed by atoms with Crippen LogP contribution in [0.1, 0.15) is 6.42 Å². The summed E-state index contributed by atoms with van der Waals surface area (Å²) in [5.41, 5.74) is 0.0615. The first kappa shape index (κ1) is 11.9. The summed E-state index contributed by atoms with van der Waals surface area (Å²) in [5, 5.41) is 14.1. The van der Waals surface area contributed by atoms with Crippen molar-refractivity contribution in [1.82, 2.24) is 0 Å². The molecule has 0 saturated carbocycles. The molecule has 1 aliphatic rings. The van der Waals surface area contributed by atoms with Crippen LogP contribution < -0.4 is 5.01 Å². The van der Waals surface area contributed by atoms with Gasteiger partial charge in [-0.1, -0.05) is 23.2 Å². The molecule has 7 heteroatoms. The van der Waals surface area contributed by atoms with Gasteiger partial charge in [0.15, 0.2) is 5.71 Å². The number of carboxylic acid groups (broad SMARTS) is 1. The number of rotatable bonds is 2. The van der Waals surface area contributed by atoms with Crippen molar-refractivity contribution in [2.45, 2.75) is 6.42 Å². The minimum Gasteiger partial charge on any atom is -0.477 e. The van der Waals surface area contributed by atoms with E-state index in [4.69, 9.17) is 28.3 Å². The number of hydrogen-bond donors (Lipinski definition) is 1. The van der Waals surface area contributed by atoms with Crippen LogP contribution in [-0.4, -0.2) is 22.7 Å². The second-order valence-corrected chi connectivity index (χ2v) is 4.17. The lowest BCUT2D eigenvalue weighted by molar-refractivity contribution is -0.129. The highest BCUT2D eigenvalue weighted by molar-refractivity contribution is 6.43. The van der Waals surface area contributed by atoms with E-state index in [-0.39, 0.29) is 22.8 Å². The zero-order valence-electron chi connectivity index (χ0n) is 8.35. The highest BCUT2D eigenvalue weighted by Crippen LogP contribution is 2.31. The van der Waals surface area contributed by atoms with Gasteiger partial charge < -0.3 is 5.11 Å². The van der Waals surface area contributed by atoms with Crippen molar-refractivity contribution >= 4 is 46.5 Å². The van der Waals surface area contributed by atoms with E-state index in [0.29, 0.717) is 5.02 Å². The van der Waals surface area contributed by atoms with Crippen molar-refractivity contribution in [1.29, 1.82) is 0 Å². The summed E-state index contributed by atoms with van der Waals surface area (Å²) in [7, 11) is 0. The van der Waals surface area contributed by atoms with E-state index < -0.39 is 11.9 Å². The Labute approximate surface area is 106 Å². The van der Waals surface area contributed by atoms with Crippen LogP contribution in [-0.2, 0) is 9.59 Å². The number of aliphatic carboxylic acids is 1. The van der Waals surface area contributed by atoms with Gasteiger partial charge in [-0.05, 0) is 18.2 Å². The topological polar surface area (TPSA) is 70.0 Å². The van der Waals surface area contributed by atoms with E-state index in [1.54, 1.807) is 6.07 Å². The lowest BCUT2D eigenvalue weighted by Crippen LogP contribution is -2.20. The monoisotopic (exact) mass is 272 g/mol. The highest BCUT2D eigenvalue weighted by Gasteiger charge is 2.30. The molecular formula is C10H6Cl2N2O3. The van der Waals surface area contributed by atoms with E-state index in [1.165, 1.54) is 12.1 Å². The average molecular weight is 273 g/mol. The molecule has 0 radical (unpaired) electrons. The smallest absolute Gasteiger partial charge is 0.352 e. The number of carbonyl (C=O) groups is 2. The minimum atomic E-state index is -1.22. The maximum Gasteiger partial charge on any atom is 0.352 e. The minimum absolute atomic E-state index is 0.217. The Kier molecular flexibility index (Phi) is 3.04. The van der Waals surface area contributed by atoms with Crippen LogP contribution >= 0.6 is 23.2 Å². The maximum atomic E-state index is 11.6. The van der Waals surface area contributed by atoms with Gasteiger partial charge in [0.2, 0.25) is 0 Å². The Balaban J connectivity index is 2.43. The molecule has 1 N–H and O–H groups in total. The fraction of sp³-hybridized carbons (Fsp3) is 0.100. The number of carboxylic acids is 1. The summed E-state index contributed by atoms with van der Waals surface area (Å²) in [6.07, 6.45) is -0.252. The lowest BCUT2D eigenvalue weighted by Gasteiger charge is -2.13. The Hall–Kier alpha value is -1.59. The Morgan fingerprint density at radius 1 is 1.41 bits per heavy atom. The maximum absolute atomic E-state index is 11.6. The Morgan fingerprint density at radius 3 is 2.71 bits per heavy atom. The molecule has 1 aliphatic heterocycles. The summed E-state index contributed by atoms with van der Waals surface area (Å²) >= 11 is 11.7. The molecule has 1 aromatic carbocycles. The quantitative estimate of drug-likeness (QED) is 0.897. The third-order valence-corrected chi connectivity index (χ3v) is 2.71. The number of amides is 1. The number of nitrogens with zero attached hydrogens (tertiary/aromatic N) is 2. The number of halogens is 2. The number of hydrazone groups is 1. The van der Waals surface area contributed by atoms with E-state index in [0.717, 1.165) is 5.01 Å². The SMILES string of the molecule is O=C(O)C1=NN(c2cc(Cl)ccc2Cl)C(=O)C1. The third kappa shape index (κ3) is 2.25. The van der Waals surface area contributed by atoms with Crippen molar-refractivity contribution in [2.24, 2.45) is 5.10 Å². The Morgan fingerprint density at radius 2 is 2.12 bits per heavy atom. The molecule has 2 rings (SSSR count). The molecule has 0 atom stereocenters. The van der Waals surface area contributed by atoms with Gasteiger partial charge in [-0.15, -0.1) is 0 Å². The predicted octanol–water partition coefficient (Wildman–Crippen LogP) is 2.17. The van der Waals surface area contributed by atoms with Crippen molar-refractivity contribution in [3.8, 4) is 0 Å². The van der Waals surface area contributed by atoms with Gasteiger partial charge in [-0.2, -0.15) is 10.1 Å². The molecule has 1 amide bonds. The predicted molar refractivity (Wildman–Crippen MR) is 63.6 cm³/mol. The lowest BCUT2D eigenvalue weighted by atomic mass is 10.2. The molecule has 0 aliphatic carbocycles. The number of carbonyl (C=O) groups excluding carboxylic acids is 1. The van der Waals surface area contributed by atoms with E-state index >= 15 is 0 Å². The molecule has 1 aromatic rings. The largest absolute Gasteiger partial charge is 0.477 e. The first-order valence-corrected chi connectivity index (χ1v) is 5.33. The van der Waals surface area contributed by atoms with Crippen molar-refractivity contribution < 1.29 is 14.7 Å². The molecule has 0 aromatic heterocycles.